The van der Waals surface area contributed by atoms with Gasteiger partial charge in [0.05, 0.1) is 0 Å². The Labute approximate surface area is 146 Å². The molecule has 0 radical (unpaired) electrons. The van der Waals surface area contributed by atoms with E-state index in [-0.39, 0.29) is 5.82 Å². The third-order valence-corrected chi connectivity index (χ3v) is 4.98. The van der Waals surface area contributed by atoms with Gasteiger partial charge in [-0.25, -0.2) is 4.39 Å². The lowest BCUT2D eigenvalue weighted by molar-refractivity contribution is 0.121. The van der Waals surface area contributed by atoms with Gasteiger partial charge in [-0.1, -0.05) is 47.5 Å². The van der Waals surface area contributed by atoms with Gasteiger partial charge in [0.15, 0.2) is 0 Å². The minimum atomic E-state index is -0.226. The summed E-state index contributed by atoms with van der Waals surface area (Å²) in [7, 11) is 0. The van der Waals surface area contributed by atoms with Gasteiger partial charge >= 0.3 is 0 Å². The lowest BCUT2D eigenvalue weighted by Gasteiger charge is -2.35. The van der Waals surface area contributed by atoms with E-state index in [1.165, 1.54) is 6.07 Å². The van der Waals surface area contributed by atoms with Crippen LogP contribution in [-0.4, -0.2) is 36.0 Å². The molecule has 0 aromatic heterocycles. The summed E-state index contributed by atoms with van der Waals surface area (Å²) in [4.78, 5) is 4.62. The van der Waals surface area contributed by atoms with Crippen LogP contribution < -0.4 is 0 Å². The zero-order valence-electron chi connectivity index (χ0n) is 12.8. The van der Waals surface area contributed by atoms with Crippen molar-refractivity contribution in [2.45, 2.75) is 13.1 Å². The first kappa shape index (κ1) is 16.7. The first-order valence-electron chi connectivity index (χ1n) is 7.74. The second-order valence-corrected chi connectivity index (χ2v) is 6.66. The van der Waals surface area contributed by atoms with E-state index < -0.39 is 0 Å². The van der Waals surface area contributed by atoms with E-state index in [0.717, 1.165) is 43.3 Å². The van der Waals surface area contributed by atoms with Crippen LogP contribution >= 0.6 is 23.2 Å². The lowest BCUT2D eigenvalue weighted by Crippen LogP contribution is -2.45. The van der Waals surface area contributed by atoms with Crippen LogP contribution in [0.4, 0.5) is 4.39 Å². The first-order chi connectivity index (χ1) is 11.1. The molecule has 1 heterocycles. The van der Waals surface area contributed by atoms with E-state index in [1.807, 2.05) is 18.2 Å². The summed E-state index contributed by atoms with van der Waals surface area (Å²) in [6.07, 6.45) is 0. The molecule has 5 heteroatoms. The molecular weight excluding hydrogens is 334 g/mol. The number of nitrogens with zero attached hydrogens (tertiary/aromatic N) is 2. The molecule has 0 spiro atoms. The average Bonchev–Trinajstić information content (AvgIpc) is 2.55. The summed E-state index contributed by atoms with van der Waals surface area (Å²) in [6.45, 7) is 5.10. The Morgan fingerprint density at radius 1 is 0.783 bits per heavy atom. The Morgan fingerprint density at radius 2 is 1.39 bits per heavy atom. The number of piperazine rings is 1. The molecule has 0 N–H and O–H groups in total. The van der Waals surface area contributed by atoms with Crippen molar-refractivity contribution in [2.75, 3.05) is 26.2 Å². The molecule has 0 aliphatic carbocycles. The fourth-order valence-electron chi connectivity index (χ4n) is 2.88. The van der Waals surface area contributed by atoms with Crippen molar-refractivity contribution in [2.24, 2.45) is 0 Å². The van der Waals surface area contributed by atoms with Gasteiger partial charge in [0.1, 0.15) is 5.82 Å². The number of halogens is 3. The number of benzene rings is 2. The highest BCUT2D eigenvalue weighted by molar-refractivity contribution is 6.31. The van der Waals surface area contributed by atoms with E-state index in [4.69, 9.17) is 23.2 Å². The van der Waals surface area contributed by atoms with Gasteiger partial charge in [-0.3, -0.25) is 9.80 Å². The van der Waals surface area contributed by atoms with E-state index in [0.29, 0.717) is 17.1 Å². The van der Waals surface area contributed by atoms with Gasteiger partial charge in [-0.05, 0) is 23.8 Å². The third kappa shape index (κ3) is 4.24. The SMILES string of the molecule is Fc1cccc(Cl)c1CN1CCN(Cc2ccccc2Cl)CC1. The molecule has 2 aromatic carbocycles. The zero-order valence-corrected chi connectivity index (χ0v) is 14.3. The second kappa shape index (κ2) is 7.63. The largest absolute Gasteiger partial charge is 0.296 e. The number of hydrogen-bond donors (Lipinski definition) is 0. The summed E-state index contributed by atoms with van der Waals surface area (Å²) in [6, 6.07) is 12.8. The lowest BCUT2D eigenvalue weighted by atomic mass is 10.1. The summed E-state index contributed by atoms with van der Waals surface area (Å²) < 4.78 is 13.9. The molecular formula is C18H19Cl2FN2. The Bertz CT molecular complexity index is 650. The Hall–Kier alpha value is -1.13. The molecule has 0 saturated carbocycles. The summed E-state index contributed by atoms with van der Waals surface area (Å²) in [5.74, 6) is -0.226. The zero-order chi connectivity index (χ0) is 16.2. The van der Waals surface area contributed by atoms with Crippen molar-refractivity contribution in [1.82, 2.24) is 9.80 Å². The average molecular weight is 353 g/mol. The third-order valence-electron chi connectivity index (χ3n) is 4.26. The van der Waals surface area contributed by atoms with Crippen molar-refractivity contribution in [1.29, 1.82) is 0 Å². The highest BCUT2D eigenvalue weighted by atomic mass is 35.5. The normalized spacial score (nSPS) is 16.7. The van der Waals surface area contributed by atoms with Crippen LogP contribution in [0.5, 0.6) is 0 Å². The predicted molar refractivity (Wildman–Crippen MR) is 93.4 cm³/mol. The maximum absolute atomic E-state index is 13.9. The highest BCUT2D eigenvalue weighted by Crippen LogP contribution is 2.22. The summed E-state index contributed by atoms with van der Waals surface area (Å²) in [5, 5.41) is 1.32. The minimum Gasteiger partial charge on any atom is -0.296 e. The molecule has 2 aromatic rings. The van der Waals surface area contributed by atoms with Crippen LogP contribution in [0.3, 0.4) is 0 Å². The fourth-order valence-corrected chi connectivity index (χ4v) is 3.30. The molecule has 0 bridgehead atoms. The van der Waals surface area contributed by atoms with Gasteiger partial charge in [0.25, 0.3) is 0 Å². The van der Waals surface area contributed by atoms with E-state index in [2.05, 4.69) is 15.9 Å². The minimum absolute atomic E-state index is 0.226. The van der Waals surface area contributed by atoms with Gasteiger partial charge in [0.2, 0.25) is 0 Å². The molecule has 2 nitrogen and oxygen atoms in total. The van der Waals surface area contributed by atoms with Crippen molar-refractivity contribution in [3.05, 3.63) is 69.5 Å². The predicted octanol–water partition coefficient (Wildman–Crippen LogP) is 4.45. The number of rotatable bonds is 4. The van der Waals surface area contributed by atoms with Crippen LogP contribution in [0.15, 0.2) is 42.5 Å². The quantitative estimate of drug-likeness (QED) is 0.801. The topological polar surface area (TPSA) is 6.48 Å². The highest BCUT2D eigenvalue weighted by Gasteiger charge is 2.19. The second-order valence-electron chi connectivity index (χ2n) is 5.84. The fraction of sp³-hybridized carbons (Fsp3) is 0.333. The van der Waals surface area contributed by atoms with Crippen molar-refractivity contribution in [3.63, 3.8) is 0 Å². The van der Waals surface area contributed by atoms with Crippen LogP contribution in [0.1, 0.15) is 11.1 Å². The molecule has 3 rings (SSSR count). The van der Waals surface area contributed by atoms with Gasteiger partial charge in [-0.15, -0.1) is 0 Å². The molecule has 0 amide bonds. The molecule has 1 saturated heterocycles. The van der Waals surface area contributed by atoms with Crippen molar-refractivity contribution in [3.8, 4) is 0 Å². The molecule has 1 aliphatic heterocycles. The Balaban J connectivity index is 1.56. The standard InChI is InChI=1S/C18H19Cl2FN2/c19-16-5-2-1-4-14(16)12-22-8-10-23(11-9-22)13-15-17(20)6-3-7-18(15)21/h1-7H,8-13H2. The maximum atomic E-state index is 13.9. The van der Waals surface area contributed by atoms with Crippen LogP contribution in [0.25, 0.3) is 0 Å². The van der Waals surface area contributed by atoms with Gasteiger partial charge in [-0.2, -0.15) is 0 Å². The van der Waals surface area contributed by atoms with Crippen LogP contribution in [0, 0.1) is 5.82 Å². The van der Waals surface area contributed by atoms with Crippen molar-refractivity contribution < 1.29 is 4.39 Å². The molecule has 1 aliphatic rings. The molecule has 122 valence electrons. The van der Waals surface area contributed by atoms with Crippen molar-refractivity contribution >= 4 is 23.2 Å². The Morgan fingerprint density at radius 3 is 2.04 bits per heavy atom. The smallest absolute Gasteiger partial charge is 0.129 e. The molecule has 0 atom stereocenters. The van der Waals surface area contributed by atoms with Gasteiger partial charge in [0, 0.05) is 54.9 Å². The molecule has 0 unspecified atom stereocenters. The van der Waals surface area contributed by atoms with E-state index in [9.17, 15) is 4.39 Å². The van der Waals surface area contributed by atoms with Crippen LogP contribution in [-0.2, 0) is 13.1 Å². The molecule has 1 fully saturated rings. The first-order valence-corrected chi connectivity index (χ1v) is 8.50. The van der Waals surface area contributed by atoms with Gasteiger partial charge < -0.3 is 0 Å². The summed E-state index contributed by atoms with van der Waals surface area (Å²) in [5.41, 5.74) is 1.74. The van der Waals surface area contributed by atoms with E-state index in [1.54, 1.807) is 12.1 Å². The van der Waals surface area contributed by atoms with E-state index >= 15 is 0 Å². The summed E-state index contributed by atoms with van der Waals surface area (Å²) >= 11 is 12.3. The maximum Gasteiger partial charge on any atom is 0.129 e. The van der Waals surface area contributed by atoms with Crippen LogP contribution in [0.2, 0.25) is 10.0 Å². The molecule has 23 heavy (non-hydrogen) atoms. The number of hydrogen-bond acceptors (Lipinski definition) is 2. The Kier molecular flexibility index (Phi) is 5.54. The monoisotopic (exact) mass is 352 g/mol.